The molecule has 0 aliphatic heterocycles. The summed E-state index contributed by atoms with van der Waals surface area (Å²) < 4.78 is 0.746. The summed E-state index contributed by atoms with van der Waals surface area (Å²) in [5.41, 5.74) is 2.69. The molecule has 0 N–H and O–H groups in total. The lowest BCUT2D eigenvalue weighted by atomic mass is 10.0. The molecule has 70 valence electrons. The number of rotatable bonds is 4. The highest BCUT2D eigenvalue weighted by Gasteiger charge is 2.00. The van der Waals surface area contributed by atoms with Crippen LogP contribution in [0.15, 0.2) is 30.8 Å². The summed E-state index contributed by atoms with van der Waals surface area (Å²) in [4.78, 5) is 0. The van der Waals surface area contributed by atoms with Gasteiger partial charge in [-0.1, -0.05) is 66.4 Å². The second kappa shape index (κ2) is 5.43. The van der Waals surface area contributed by atoms with Crippen molar-refractivity contribution in [2.45, 2.75) is 23.7 Å². The zero-order valence-corrected chi connectivity index (χ0v) is 10.1. The molecule has 0 aromatic heterocycles. The number of aryl methyl sites for hydroxylation is 1. The average molecular weight is 286 g/mol. The molecule has 1 unspecified atom stereocenters. The van der Waals surface area contributed by atoms with Gasteiger partial charge in [-0.3, -0.25) is 0 Å². The van der Waals surface area contributed by atoms with Crippen LogP contribution < -0.4 is 0 Å². The van der Waals surface area contributed by atoms with Crippen LogP contribution in [0, 0.1) is 0 Å². The summed E-state index contributed by atoms with van der Waals surface area (Å²) in [6.45, 7) is 6.06. The van der Waals surface area contributed by atoms with E-state index in [-0.39, 0.29) is 0 Å². The van der Waals surface area contributed by atoms with Crippen molar-refractivity contribution in [3.8, 4) is 0 Å². The molecular formula is C12H15I. The van der Waals surface area contributed by atoms with E-state index in [0.717, 1.165) is 10.3 Å². The summed E-state index contributed by atoms with van der Waals surface area (Å²) in [6, 6.07) is 8.48. The maximum Gasteiger partial charge on any atom is 0.00844 e. The molecule has 0 heterocycles. The van der Waals surface area contributed by atoms with Gasteiger partial charge in [0, 0.05) is 3.92 Å². The molecule has 0 nitrogen and oxygen atoms in total. The highest BCUT2D eigenvalue weighted by atomic mass is 127. The lowest BCUT2D eigenvalue weighted by Crippen LogP contribution is -1.95. The molecule has 13 heavy (non-hydrogen) atoms. The largest absolute Gasteiger partial charge is 0.0985 e. The Morgan fingerprint density at radius 3 is 2.77 bits per heavy atom. The van der Waals surface area contributed by atoms with Crippen LogP contribution in [-0.4, -0.2) is 3.92 Å². The number of benzene rings is 1. The number of halogens is 1. The monoisotopic (exact) mass is 286 g/mol. The Kier molecular flexibility index (Phi) is 4.50. The van der Waals surface area contributed by atoms with E-state index in [1.54, 1.807) is 0 Å². The van der Waals surface area contributed by atoms with Crippen molar-refractivity contribution in [1.82, 2.24) is 0 Å². The third-order valence-corrected chi connectivity index (χ3v) is 2.71. The fourth-order valence-electron chi connectivity index (χ4n) is 1.32. The van der Waals surface area contributed by atoms with E-state index < -0.39 is 0 Å². The Morgan fingerprint density at radius 1 is 1.46 bits per heavy atom. The lowest BCUT2D eigenvalue weighted by Gasteiger charge is -2.06. The van der Waals surface area contributed by atoms with Crippen molar-refractivity contribution in [2.75, 3.05) is 0 Å². The van der Waals surface area contributed by atoms with Gasteiger partial charge in [-0.25, -0.2) is 0 Å². The summed E-state index contributed by atoms with van der Waals surface area (Å²) in [5.74, 6) is 0. The number of hydrogen-bond acceptors (Lipinski definition) is 0. The first-order valence-corrected chi connectivity index (χ1v) is 5.83. The first kappa shape index (κ1) is 10.8. The summed E-state index contributed by atoms with van der Waals surface area (Å²) >= 11 is 2.47. The van der Waals surface area contributed by atoms with Crippen LogP contribution in [0.2, 0.25) is 0 Å². The molecule has 0 amide bonds. The zero-order chi connectivity index (χ0) is 9.68. The molecule has 0 radical (unpaired) electrons. The molecule has 1 heteroatoms. The lowest BCUT2D eigenvalue weighted by molar-refractivity contribution is 0.832. The Balaban J connectivity index is 2.69. The Labute approximate surface area is 94.2 Å². The van der Waals surface area contributed by atoms with Crippen LogP contribution in [0.4, 0.5) is 0 Å². The van der Waals surface area contributed by atoms with Gasteiger partial charge in [-0.2, -0.15) is 0 Å². The molecule has 1 aromatic carbocycles. The normalized spacial score (nSPS) is 12.5. The minimum Gasteiger partial charge on any atom is -0.0985 e. The number of hydrogen-bond donors (Lipinski definition) is 0. The molecule has 0 fully saturated rings. The van der Waals surface area contributed by atoms with Crippen molar-refractivity contribution < 1.29 is 0 Å². The standard InChI is InChI=1S/C12H15I/c1-3-11-6-4-5-7-12(11)9-8-10(2)13/h3-7,10H,1,8-9H2,2H3. The third-order valence-electron chi connectivity index (χ3n) is 2.09. The van der Waals surface area contributed by atoms with Crippen LogP contribution in [0.1, 0.15) is 24.5 Å². The molecule has 0 aliphatic carbocycles. The predicted molar refractivity (Wildman–Crippen MR) is 68.3 cm³/mol. The molecule has 0 saturated heterocycles. The van der Waals surface area contributed by atoms with Crippen molar-refractivity contribution in [2.24, 2.45) is 0 Å². The number of alkyl halides is 1. The fraction of sp³-hybridized carbons (Fsp3) is 0.333. The van der Waals surface area contributed by atoms with E-state index in [1.807, 2.05) is 6.08 Å². The van der Waals surface area contributed by atoms with Crippen LogP contribution in [0.5, 0.6) is 0 Å². The smallest absolute Gasteiger partial charge is 0.00844 e. The Bertz CT molecular complexity index is 276. The highest BCUT2D eigenvalue weighted by Crippen LogP contribution is 2.15. The first-order chi connectivity index (χ1) is 6.24. The van der Waals surface area contributed by atoms with Crippen LogP contribution in [0.3, 0.4) is 0 Å². The van der Waals surface area contributed by atoms with Crippen LogP contribution in [-0.2, 0) is 6.42 Å². The molecule has 1 rings (SSSR count). The molecule has 0 spiro atoms. The van der Waals surface area contributed by atoms with Gasteiger partial charge in [-0.05, 0) is 24.0 Å². The first-order valence-electron chi connectivity index (χ1n) is 4.58. The van der Waals surface area contributed by atoms with E-state index in [4.69, 9.17) is 0 Å². The van der Waals surface area contributed by atoms with E-state index in [2.05, 4.69) is 60.4 Å². The SMILES string of the molecule is C=Cc1ccccc1CCC(C)I. The zero-order valence-electron chi connectivity index (χ0n) is 7.96. The van der Waals surface area contributed by atoms with Crippen molar-refractivity contribution in [3.05, 3.63) is 42.0 Å². The third kappa shape index (κ3) is 3.51. The molecule has 1 aromatic rings. The minimum absolute atomic E-state index is 0.746. The fourth-order valence-corrected chi connectivity index (χ4v) is 1.63. The van der Waals surface area contributed by atoms with Gasteiger partial charge in [0.1, 0.15) is 0 Å². The highest BCUT2D eigenvalue weighted by molar-refractivity contribution is 14.1. The summed E-state index contributed by atoms with van der Waals surface area (Å²) in [7, 11) is 0. The van der Waals surface area contributed by atoms with Gasteiger partial charge < -0.3 is 0 Å². The van der Waals surface area contributed by atoms with Crippen molar-refractivity contribution >= 4 is 28.7 Å². The minimum atomic E-state index is 0.746. The topological polar surface area (TPSA) is 0 Å². The molecular weight excluding hydrogens is 271 g/mol. The van der Waals surface area contributed by atoms with E-state index in [9.17, 15) is 0 Å². The van der Waals surface area contributed by atoms with Crippen LogP contribution >= 0.6 is 22.6 Å². The van der Waals surface area contributed by atoms with Gasteiger partial charge in [-0.15, -0.1) is 0 Å². The van der Waals surface area contributed by atoms with Crippen molar-refractivity contribution in [3.63, 3.8) is 0 Å². The van der Waals surface area contributed by atoms with Gasteiger partial charge in [0.25, 0.3) is 0 Å². The Hall–Kier alpha value is -0.310. The van der Waals surface area contributed by atoms with Gasteiger partial charge >= 0.3 is 0 Å². The average Bonchev–Trinajstić information content (AvgIpc) is 2.15. The van der Waals surface area contributed by atoms with E-state index >= 15 is 0 Å². The van der Waals surface area contributed by atoms with Crippen molar-refractivity contribution in [1.29, 1.82) is 0 Å². The molecule has 0 aliphatic rings. The van der Waals surface area contributed by atoms with E-state index in [1.165, 1.54) is 17.5 Å². The van der Waals surface area contributed by atoms with Gasteiger partial charge in [0.15, 0.2) is 0 Å². The van der Waals surface area contributed by atoms with Gasteiger partial charge in [0.05, 0.1) is 0 Å². The maximum atomic E-state index is 3.82. The van der Waals surface area contributed by atoms with Gasteiger partial charge in [0.2, 0.25) is 0 Å². The quantitative estimate of drug-likeness (QED) is 0.578. The second-order valence-corrected chi connectivity index (χ2v) is 5.35. The maximum absolute atomic E-state index is 3.82. The molecule has 0 bridgehead atoms. The van der Waals surface area contributed by atoms with E-state index in [0.29, 0.717) is 0 Å². The second-order valence-electron chi connectivity index (χ2n) is 3.22. The Morgan fingerprint density at radius 2 is 2.15 bits per heavy atom. The summed E-state index contributed by atoms with van der Waals surface area (Å²) in [5, 5.41) is 0. The van der Waals surface area contributed by atoms with Crippen LogP contribution in [0.25, 0.3) is 6.08 Å². The summed E-state index contributed by atoms with van der Waals surface area (Å²) in [6.07, 6.45) is 4.34. The molecule has 1 atom stereocenters. The predicted octanol–water partition coefficient (Wildman–Crippen LogP) is 4.09. The molecule has 0 saturated carbocycles.